The molecule has 0 unspecified atom stereocenters. The second-order valence-corrected chi connectivity index (χ2v) is 6.57. The number of nitrogens with zero attached hydrogens (tertiary/aromatic N) is 2. The van der Waals surface area contributed by atoms with Gasteiger partial charge >= 0.3 is 0 Å². The minimum absolute atomic E-state index is 0.273. The van der Waals surface area contributed by atoms with E-state index in [0.29, 0.717) is 22.4 Å². The Hall–Kier alpha value is -2.11. The largest absolute Gasteiger partial charge is 0.441 e. The summed E-state index contributed by atoms with van der Waals surface area (Å²) >= 11 is 9.58. The molecule has 2 aromatic carbocycles. The Morgan fingerprint density at radius 1 is 1.21 bits per heavy atom. The predicted molar refractivity (Wildman–Crippen MR) is 98.6 cm³/mol. The van der Waals surface area contributed by atoms with Crippen LogP contribution in [0.4, 0.5) is 5.69 Å². The first-order valence-corrected chi connectivity index (χ1v) is 8.40. The monoisotopic (exact) mass is 404 g/mol. The van der Waals surface area contributed by atoms with E-state index in [2.05, 4.69) is 20.9 Å². The molecule has 0 saturated carbocycles. The number of anilines is 1. The Kier molecular flexibility index (Phi) is 4.73. The van der Waals surface area contributed by atoms with Gasteiger partial charge in [0, 0.05) is 17.1 Å². The fourth-order valence-electron chi connectivity index (χ4n) is 2.32. The number of aromatic nitrogens is 1. The number of amides is 1. The van der Waals surface area contributed by atoms with Gasteiger partial charge in [-0.1, -0.05) is 45.7 Å². The van der Waals surface area contributed by atoms with Crippen molar-refractivity contribution in [3.63, 3.8) is 0 Å². The van der Waals surface area contributed by atoms with Crippen LogP contribution in [0.1, 0.15) is 16.2 Å². The average Bonchev–Trinajstić information content (AvgIpc) is 2.96. The summed E-state index contributed by atoms with van der Waals surface area (Å²) in [4.78, 5) is 18.6. The Balaban J connectivity index is 1.94. The van der Waals surface area contributed by atoms with Crippen molar-refractivity contribution in [1.29, 1.82) is 0 Å². The first kappa shape index (κ1) is 16.7. The molecule has 1 heterocycles. The number of carbonyl (C=O) groups is 1. The van der Waals surface area contributed by atoms with Gasteiger partial charge in [0.1, 0.15) is 5.76 Å². The van der Waals surface area contributed by atoms with Crippen LogP contribution in [0, 0.1) is 6.92 Å². The molecule has 0 saturated heterocycles. The summed E-state index contributed by atoms with van der Waals surface area (Å²) in [5.74, 6) is 0.619. The lowest BCUT2D eigenvalue weighted by molar-refractivity contribution is 0.0987. The van der Waals surface area contributed by atoms with Crippen LogP contribution in [0.3, 0.4) is 0 Å². The van der Waals surface area contributed by atoms with Crippen molar-refractivity contribution >= 4 is 39.1 Å². The van der Waals surface area contributed by atoms with Crippen LogP contribution in [0.2, 0.25) is 5.02 Å². The van der Waals surface area contributed by atoms with Crippen LogP contribution in [0.15, 0.2) is 57.4 Å². The molecular weight excluding hydrogens is 392 g/mol. The molecule has 0 fully saturated rings. The summed E-state index contributed by atoms with van der Waals surface area (Å²) in [6.45, 7) is 1.73. The zero-order chi connectivity index (χ0) is 17.3. The molecular formula is C18H14BrClN2O2. The summed E-state index contributed by atoms with van der Waals surface area (Å²) in [6.07, 6.45) is 0. The van der Waals surface area contributed by atoms with Gasteiger partial charge < -0.3 is 9.32 Å². The third-order valence-corrected chi connectivity index (χ3v) is 4.39. The van der Waals surface area contributed by atoms with Crippen molar-refractivity contribution in [3.8, 4) is 11.5 Å². The maximum atomic E-state index is 12.8. The lowest BCUT2D eigenvalue weighted by atomic mass is 10.2. The molecule has 3 aromatic rings. The quantitative estimate of drug-likeness (QED) is 0.590. The maximum Gasteiger partial charge on any atom is 0.280 e. The molecule has 4 nitrogen and oxygen atoms in total. The molecule has 0 radical (unpaired) electrons. The Morgan fingerprint density at radius 2 is 1.92 bits per heavy atom. The molecule has 1 amide bonds. The number of carbonyl (C=O) groups excluding carboxylic acids is 1. The van der Waals surface area contributed by atoms with Crippen molar-refractivity contribution in [2.24, 2.45) is 0 Å². The molecule has 6 heteroatoms. The van der Waals surface area contributed by atoms with Gasteiger partial charge in [0.2, 0.25) is 5.89 Å². The minimum Gasteiger partial charge on any atom is -0.441 e. The van der Waals surface area contributed by atoms with Gasteiger partial charge in [-0.2, -0.15) is 0 Å². The van der Waals surface area contributed by atoms with E-state index in [0.717, 1.165) is 10.0 Å². The Labute approximate surface area is 153 Å². The molecule has 3 rings (SSSR count). The zero-order valence-corrected chi connectivity index (χ0v) is 15.4. The Bertz CT molecular complexity index is 893. The SMILES string of the molecule is Cc1oc(-c2ccccc2)nc1C(=O)N(C)c1ccc(Br)cc1Cl. The van der Waals surface area contributed by atoms with Crippen molar-refractivity contribution in [1.82, 2.24) is 4.98 Å². The van der Waals surface area contributed by atoms with E-state index in [1.165, 1.54) is 4.90 Å². The van der Waals surface area contributed by atoms with Crippen molar-refractivity contribution in [2.75, 3.05) is 11.9 Å². The topological polar surface area (TPSA) is 46.3 Å². The lowest BCUT2D eigenvalue weighted by Gasteiger charge is -2.17. The van der Waals surface area contributed by atoms with E-state index in [4.69, 9.17) is 16.0 Å². The molecule has 0 bridgehead atoms. The van der Waals surface area contributed by atoms with Crippen LogP contribution in [0.25, 0.3) is 11.5 Å². The maximum absolute atomic E-state index is 12.8. The summed E-state index contributed by atoms with van der Waals surface area (Å²) in [5.41, 5.74) is 1.70. The van der Waals surface area contributed by atoms with E-state index >= 15 is 0 Å². The summed E-state index contributed by atoms with van der Waals surface area (Å²) in [7, 11) is 1.66. The van der Waals surface area contributed by atoms with Crippen LogP contribution >= 0.6 is 27.5 Å². The van der Waals surface area contributed by atoms with Gasteiger partial charge in [-0.15, -0.1) is 0 Å². The molecule has 0 aliphatic heterocycles. The summed E-state index contributed by atoms with van der Waals surface area (Å²) < 4.78 is 6.51. The summed E-state index contributed by atoms with van der Waals surface area (Å²) in [5, 5.41) is 0.477. The molecule has 0 spiro atoms. The standard InChI is InChI=1S/C18H14BrClN2O2/c1-11-16(21-17(24-11)12-6-4-3-5-7-12)18(23)22(2)15-9-8-13(19)10-14(15)20/h3-10H,1-2H3. The van der Waals surface area contributed by atoms with E-state index < -0.39 is 0 Å². The third-order valence-electron chi connectivity index (χ3n) is 3.60. The van der Waals surface area contributed by atoms with E-state index in [9.17, 15) is 4.79 Å². The predicted octanol–water partition coefficient (Wildman–Crippen LogP) is 5.34. The fourth-order valence-corrected chi connectivity index (χ4v) is 3.12. The highest BCUT2D eigenvalue weighted by molar-refractivity contribution is 9.10. The summed E-state index contributed by atoms with van der Waals surface area (Å²) in [6, 6.07) is 14.8. The lowest BCUT2D eigenvalue weighted by Crippen LogP contribution is -2.27. The highest BCUT2D eigenvalue weighted by Gasteiger charge is 2.23. The number of rotatable bonds is 3. The van der Waals surface area contributed by atoms with Gasteiger partial charge in [0.25, 0.3) is 5.91 Å². The molecule has 1 aromatic heterocycles. The smallest absolute Gasteiger partial charge is 0.280 e. The third kappa shape index (κ3) is 3.23. The van der Waals surface area contributed by atoms with Crippen LogP contribution in [-0.4, -0.2) is 17.9 Å². The number of benzene rings is 2. The van der Waals surface area contributed by atoms with Crippen molar-refractivity contribution < 1.29 is 9.21 Å². The fraction of sp³-hybridized carbons (Fsp3) is 0.111. The first-order valence-electron chi connectivity index (χ1n) is 7.23. The number of halogens is 2. The van der Waals surface area contributed by atoms with E-state index in [-0.39, 0.29) is 11.6 Å². The average molecular weight is 406 g/mol. The second kappa shape index (κ2) is 6.79. The van der Waals surface area contributed by atoms with Crippen LogP contribution in [-0.2, 0) is 0 Å². The van der Waals surface area contributed by atoms with Gasteiger partial charge in [0.15, 0.2) is 5.69 Å². The molecule has 0 N–H and O–H groups in total. The van der Waals surface area contributed by atoms with Crippen molar-refractivity contribution in [3.05, 3.63) is 69.5 Å². The molecule has 122 valence electrons. The molecule has 0 aliphatic carbocycles. The highest BCUT2D eigenvalue weighted by atomic mass is 79.9. The normalized spacial score (nSPS) is 10.7. The number of hydrogen-bond acceptors (Lipinski definition) is 3. The van der Waals surface area contributed by atoms with Gasteiger partial charge in [0.05, 0.1) is 10.7 Å². The zero-order valence-electron chi connectivity index (χ0n) is 13.1. The van der Waals surface area contributed by atoms with Crippen LogP contribution < -0.4 is 4.90 Å². The minimum atomic E-state index is -0.275. The van der Waals surface area contributed by atoms with Crippen LogP contribution in [0.5, 0.6) is 0 Å². The number of hydrogen-bond donors (Lipinski definition) is 0. The second-order valence-electron chi connectivity index (χ2n) is 5.25. The Morgan fingerprint density at radius 3 is 2.58 bits per heavy atom. The van der Waals surface area contributed by atoms with Gasteiger partial charge in [-0.05, 0) is 37.3 Å². The van der Waals surface area contributed by atoms with E-state index in [1.54, 1.807) is 26.1 Å². The molecule has 0 aliphatic rings. The number of oxazole rings is 1. The van der Waals surface area contributed by atoms with Crippen molar-refractivity contribution in [2.45, 2.75) is 6.92 Å². The van der Waals surface area contributed by atoms with Gasteiger partial charge in [-0.3, -0.25) is 4.79 Å². The molecule has 24 heavy (non-hydrogen) atoms. The van der Waals surface area contributed by atoms with Gasteiger partial charge in [-0.25, -0.2) is 4.98 Å². The number of aryl methyl sites for hydroxylation is 1. The first-order chi connectivity index (χ1) is 11.5. The highest BCUT2D eigenvalue weighted by Crippen LogP contribution is 2.30. The molecule has 0 atom stereocenters. The van der Waals surface area contributed by atoms with E-state index in [1.807, 2.05) is 36.4 Å².